The third-order valence-corrected chi connectivity index (χ3v) is 3.78. The second kappa shape index (κ2) is 7.46. The van der Waals surface area contributed by atoms with Crippen LogP contribution in [0.3, 0.4) is 0 Å². The van der Waals surface area contributed by atoms with Crippen LogP contribution in [0.15, 0.2) is 67.4 Å². The lowest BCUT2D eigenvalue weighted by Gasteiger charge is -2.23. The number of anilines is 1. The Balaban J connectivity index is 1.99. The highest BCUT2D eigenvalue weighted by Crippen LogP contribution is 2.20. The smallest absolute Gasteiger partial charge is 0.259 e. The average Bonchev–Trinajstić information content (AvgIpc) is 2.67. The predicted molar refractivity (Wildman–Crippen MR) is 92.6 cm³/mol. The zero-order valence-electron chi connectivity index (χ0n) is 13.5. The molecule has 0 aliphatic heterocycles. The van der Waals surface area contributed by atoms with Crippen LogP contribution in [0.4, 0.5) is 5.69 Å². The molecule has 0 unspecified atom stereocenters. The summed E-state index contributed by atoms with van der Waals surface area (Å²) in [6, 6.07) is 11.1. The van der Waals surface area contributed by atoms with Crippen molar-refractivity contribution in [1.82, 2.24) is 15.0 Å². The summed E-state index contributed by atoms with van der Waals surface area (Å²) < 4.78 is 0. The first kappa shape index (κ1) is 15.8. The lowest BCUT2D eigenvalue weighted by molar-refractivity contribution is 0.0984. The van der Waals surface area contributed by atoms with Crippen LogP contribution in [0.2, 0.25) is 0 Å². The van der Waals surface area contributed by atoms with E-state index < -0.39 is 0 Å². The van der Waals surface area contributed by atoms with Gasteiger partial charge in [0.05, 0.1) is 12.2 Å². The molecule has 24 heavy (non-hydrogen) atoms. The molecule has 3 aromatic heterocycles. The van der Waals surface area contributed by atoms with Crippen molar-refractivity contribution in [3.63, 3.8) is 0 Å². The summed E-state index contributed by atoms with van der Waals surface area (Å²) in [5.41, 5.74) is 3.22. The van der Waals surface area contributed by atoms with E-state index in [2.05, 4.69) is 15.0 Å². The summed E-state index contributed by atoms with van der Waals surface area (Å²) in [4.78, 5) is 27.4. The molecule has 0 aliphatic carbocycles. The largest absolute Gasteiger partial charge is 0.302 e. The van der Waals surface area contributed by atoms with E-state index in [-0.39, 0.29) is 5.91 Å². The Morgan fingerprint density at radius 2 is 1.79 bits per heavy atom. The van der Waals surface area contributed by atoms with Crippen molar-refractivity contribution in [2.75, 3.05) is 4.90 Å². The van der Waals surface area contributed by atoms with Crippen LogP contribution in [0.5, 0.6) is 0 Å². The molecule has 3 rings (SSSR count). The fraction of sp³-hybridized carbons (Fsp3) is 0.158. The second-order valence-electron chi connectivity index (χ2n) is 5.30. The molecule has 0 saturated carbocycles. The van der Waals surface area contributed by atoms with Crippen molar-refractivity contribution < 1.29 is 4.79 Å². The quantitative estimate of drug-likeness (QED) is 0.724. The highest BCUT2D eigenvalue weighted by molar-refractivity contribution is 6.06. The highest BCUT2D eigenvalue weighted by Gasteiger charge is 2.20. The normalized spacial score (nSPS) is 10.4. The molecular formula is C19H18N4O. The summed E-state index contributed by atoms with van der Waals surface area (Å²) in [7, 11) is 0. The minimum atomic E-state index is -0.0638. The first-order valence-electron chi connectivity index (χ1n) is 7.84. The maximum Gasteiger partial charge on any atom is 0.259 e. The Labute approximate surface area is 141 Å². The molecule has 0 spiro atoms. The third kappa shape index (κ3) is 3.46. The van der Waals surface area contributed by atoms with Gasteiger partial charge in [0.1, 0.15) is 0 Å². The third-order valence-electron chi connectivity index (χ3n) is 3.78. The lowest BCUT2D eigenvalue weighted by Crippen LogP contribution is -2.31. The van der Waals surface area contributed by atoms with Crippen LogP contribution in [0.25, 0.3) is 0 Å². The van der Waals surface area contributed by atoms with Gasteiger partial charge < -0.3 is 4.90 Å². The minimum Gasteiger partial charge on any atom is -0.302 e. The van der Waals surface area contributed by atoms with Crippen LogP contribution in [-0.4, -0.2) is 20.9 Å². The molecule has 1 amide bonds. The van der Waals surface area contributed by atoms with Crippen LogP contribution in [0, 0.1) is 0 Å². The molecule has 5 heteroatoms. The number of rotatable bonds is 5. The molecular weight excluding hydrogens is 300 g/mol. The zero-order valence-corrected chi connectivity index (χ0v) is 13.5. The topological polar surface area (TPSA) is 59.0 Å². The van der Waals surface area contributed by atoms with Crippen LogP contribution < -0.4 is 4.90 Å². The number of nitrogens with zero attached hydrogens (tertiary/aromatic N) is 4. The van der Waals surface area contributed by atoms with Crippen LogP contribution >= 0.6 is 0 Å². The van der Waals surface area contributed by atoms with Crippen LogP contribution in [-0.2, 0) is 13.0 Å². The SMILES string of the molecule is CCc1cnccc1C(=O)N(Cc1ccccn1)c1ccncc1. The van der Waals surface area contributed by atoms with Crippen molar-refractivity contribution in [3.05, 3.63) is 84.2 Å². The average molecular weight is 318 g/mol. The van der Waals surface area contributed by atoms with E-state index in [9.17, 15) is 4.79 Å². The summed E-state index contributed by atoms with van der Waals surface area (Å²) in [5, 5.41) is 0. The Kier molecular flexibility index (Phi) is 4.91. The van der Waals surface area contributed by atoms with Gasteiger partial charge in [-0.1, -0.05) is 13.0 Å². The first-order valence-corrected chi connectivity index (χ1v) is 7.84. The Hall–Kier alpha value is -3.08. The fourth-order valence-corrected chi connectivity index (χ4v) is 2.52. The standard InChI is InChI=1S/C19H18N4O/c1-2-15-13-21-12-8-18(15)19(24)23(17-6-10-20-11-7-17)14-16-5-3-4-9-22-16/h3-13H,2,14H2,1H3. The molecule has 0 aromatic carbocycles. The maximum atomic E-state index is 13.2. The predicted octanol–water partition coefficient (Wildman–Crippen LogP) is 3.28. The number of carbonyl (C=O) groups excluding carboxylic acids is 1. The molecule has 3 heterocycles. The molecule has 0 aliphatic rings. The second-order valence-corrected chi connectivity index (χ2v) is 5.30. The Morgan fingerprint density at radius 1 is 1.00 bits per heavy atom. The van der Waals surface area contributed by atoms with E-state index in [1.54, 1.807) is 42.0 Å². The van der Waals surface area contributed by atoms with Gasteiger partial charge in [-0.2, -0.15) is 0 Å². The van der Waals surface area contributed by atoms with Gasteiger partial charge in [-0.05, 0) is 42.3 Å². The summed E-state index contributed by atoms with van der Waals surface area (Å²) in [5.74, 6) is -0.0638. The van der Waals surface area contributed by atoms with Crippen LogP contribution in [0.1, 0.15) is 28.5 Å². The number of carbonyl (C=O) groups is 1. The van der Waals surface area contributed by atoms with Crippen molar-refractivity contribution in [1.29, 1.82) is 0 Å². The number of aromatic nitrogens is 3. The summed E-state index contributed by atoms with van der Waals surface area (Å²) >= 11 is 0. The van der Waals surface area contributed by atoms with Gasteiger partial charge in [0, 0.05) is 42.2 Å². The van der Waals surface area contributed by atoms with E-state index in [1.807, 2.05) is 37.3 Å². The van der Waals surface area contributed by atoms with Gasteiger partial charge >= 0.3 is 0 Å². The fourth-order valence-electron chi connectivity index (χ4n) is 2.52. The Morgan fingerprint density at radius 3 is 2.50 bits per heavy atom. The van der Waals surface area contributed by atoms with Gasteiger partial charge in [0.25, 0.3) is 5.91 Å². The Bertz CT molecular complexity index is 806. The van der Waals surface area contributed by atoms with Crippen molar-refractivity contribution >= 4 is 11.6 Å². The number of pyridine rings is 3. The van der Waals surface area contributed by atoms with Gasteiger partial charge in [-0.25, -0.2) is 0 Å². The molecule has 3 aromatic rings. The molecule has 0 bridgehead atoms. The van der Waals surface area contributed by atoms with E-state index in [0.29, 0.717) is 12.1 Å². The molecule has 120 valence electrons. The lowest BCUT2D eigenvalue weighted by atomic mass is 10.1. The molecule has 0 atom stereocenters. The van der Waals surface area contributed by atoms with Crippen molar-refractivity contribution in [2.24, 2.45) is 0 Å². The highest BCUT2D eigenvalue weighted by atomic mass is 16.2. The van der Waals surface area contributed by atoms with Gasteiger partial charge in [0.15, 0.2) is 0 Å². The maximum absolute atomic E-state index is 13.2. The summed E-state index contributed by atoms with van der Waals surface area (Å²) in [6.07, 6.45) is 9.25. The minimum absolute atomic E-state index is 0.0638. The molecule has 0 radical (unpaired) electrons. The van der Waals surface area contributed by atoms with Crippen molar-refractivity contribution in [2.45, 2.75) is 19.9 Å². The molecule has 5 nitrogen and oxygen atoms in total. The monoisotopic (exact) mass is 318 g/mol. The van der Waals surface area contributed by atoms with E-state index in [1.165, 1.54) is 0 Å². The number of aryl methyl sites for hydroxylation is 1. The van der Waals surface area contributed by atoms with E-state index >= 15 is 0 Å². The zero-order chi connectivity index (χ0) is 16.8. The first-order chi connectivity index (χ1) is 11.8. The molecule has 0 fully saturated rings. The number of hydrogen-bond acceptors (Lipinski definition) is 4. The van der Waals surface area contributed by atoms with Gasteiger partial charge in [-0.3, -0.25) is 19.7 Å². The number of amides is 1. The van der Waals surface area contributed by atoms with E-state index in [4.69, 9.17) is 0 Å². The molecule has 0 N–H and O–H groups in total. The summed E-state index contributed by atoms with van der Waals surface area (Å²) in [6.45, 7) is 2.42. The van der Waals surface area contributed by atoms with Gasteiger partial charge in [-0.15, -0.1) is 0 Å². The van der Waals surface area contributed by atoms with E-state index in [0.717, 1.165) is 23.4 Å². The number of hydrogen-bond donors (Lipinski definition) is 0. The molecule has 0 saturated heterocycles. The van der Waals surface area contributed by atoms with Crippen molar-refractivity contribution in [3.8, 4) is 0 Å². The van der Waals surface area contributed by atoms with Gasteiger partial charge in [0.2, 0.25) is 0 Å².